The number of ether oxygens (including phenoxy) is 4. The van der Waals surface area contributed by atoms with Crippen molar-refractivity contribution in [3.8, 4) is 11.5 Å². The molecule has 11 heteroatoms. The number of rotatable bonds is 20. The Morgan fingerprint density at radius 1 is 1.00 bits per heavy atom. The van der Waals surface area contributed by atoms with Crippen LogP contribution >= 0.6 is 0 Å². The van der Waals surface area contributed by atoms with Gasteiger partial charge >= 0.3 is 12.1 Å². The average molecular weight is 739 g/mol. The Kier molecular flexibility index (Phi) is 14.6. The van der Waals surface area contributed by atoms with E-state index in [0.29, 0.717) is 41.3 Å². The molecular formula is C43H47FN2O8. The molecular weight excluding hydrogens is 691 g/mol. The van der Waals surface area contributed by atoms with Crippen LogP contribution < -0.4 is 14.8 Å². The highest BCUT2D eigenvalue weighted by molar-refractivity contribution is 5.95. The molecule has 0 unspecified atom stereocenters. The Balaban J connectivity index is 1.56. The predicted molar refractivity (Wildman–Crippen MR) is 203 cm³/mol. The van der Waals surface area contributed by atoms with Crippen LogP contribution in [0, 0.1) is 11.7 Å². The molecule has 1 saturated heterocycles. The van der Waals surface area contributed by atoms with Gasteiger partial charge in [-0.2, -0.15) is 0 Å². The molecule has 1 aliphatic rings. The van der Waals surface area contributed by atoms with Crippen molar-refractivity contribution in [2.45, 2.75) is 57.2 Å². The Morgan fingerprint density at radius 3 is 2.43 bits per heavy atom. The summed E-state index contributed by atoms with van der Waals surface area (Å²) in [6, 6.07) is 28.2. The fourth-order valence-electron chi connectivity index (χ4n) is 6.33. The number of carbonyl (C=O) groups excluding carboxylic acids is 3. The van der Waals surface area contributed by atoms with Crippen LogP contribution in [0.25, 0.3) is 0 Å². The van der Waals surface area contributed by atoms with Crippen LogP contribution in [0.2, 0.25) is 0 Å². The number of esters is 1. The van der Waals surface area contributed by atoms with Crippen molar-refractivity contribution in [1.82, 2.24) is 4.90 Å². The molecule has 1 fully saturated rings. The molecule has 4 aromatic carbocycles. The largest absolute Gasteiger partial charge is 0.493 e. The van der Waals surface area contributed by atoms with Gasteiger partial charge in [-0.15, -0.1) is 0 Å². The topological polar surface area (TPSA) is 124 Å². The number of hydrogen-bond acceptors (Lipinski definition) is 9. The normalized spacial score (nSPS) is 15.4. The maximum absolute atomic E-state index is 15.0. The van der Waals surface area contributed by atoms with Crippen molar-refractivity contribution in [2.24, 2.45) is 5.92 Å². The third-order valence-corrected chi connectivity index (χ3v) is 9.13. The molecule has 0 aromatic heterocycles. The summed E-state index contributed by atoms with van der Waals surface area (Å²) < 4.78 is 36.4. The van der Waals surface area contributed by atoms with E-state index in [4.69, 9.17) is 18.9 Å². The molecule has 4 atom stereocenters. The number of cyclic esters (lactones) is 1. The molecule has 2 N–H and O–H groups in total. The van der Waals surface area contributed by atoms with Gasteiger partial charge in [0.1, 0.15) is 30.5 Å². The molecule has 1 heterocycles. The van der Waals surface area contributed by atoms with E-state index in [-0.39, 0.29) is 32.7 Å². The Bertz CT molecular complexity index is 1820. The van der Waals surface area contributed by atoms with Crippen molar-refractivity contribution in [3.63, 3.8) is 0 Å². The van der Waals surface area contributed by atoms with E-state index in [0.717, 1.165) is 18.4 Å². The molecule has 54 heavy (non-hydrogen) atoms. The van der Waals surface area contributed by atoms with Crippen LogP contribution in [0.5, 0.6) is 11.5 Å². The van der Waals surface area contributed by atoms with E-state index in [1.807, 2.05) is 67.6 Å². The van der Waals surface area contributed by atoms with E-state index >= 15 is 0 Å². The summed E-state index contributed by atoms with van der Waals surface area (Å²) in [6.45, 7) is 5.72. The summed E-state index contributed by atoms with van der Waals surface area (Å²) in [6.07, 6.45) is 1.95. The Hall–Kier alpha value is -5.68. The highest BCUT2D eigenvalue weighted by atomic mass is 19.1. The first-order valence-corrected chi connectivity index (χ1v) is 18.2. The van der Waals surface area contributed by atoms with E-state index in [1.165, 1.54) is 35.2 Å². The first kappa shape index (κ1) is 39.5. The minimum absolute atomic E-state index is 0.0355. The second kappa shape index (κ2) is 20.0. The molecule has 10 nitrogen and oxygen atoms in total. The van der Waals surface area contributed by atoms with Crippen molar-refractivity contribution >= 4 is 23.7 Å². The predicted octanol–water partition coefficient (Wildman–Crippen LogP) is 7.99. The molecule has 4 aromatic rings. The molecule has 284 valence electrons. The second-order valence-corrected chi connectivity index (χ2v) is 13.0. The number of halogens is 1. The number of aliphatic hydroxyl groups excluding tert-OH is 1. The van der Waals surface area contributed by atoms with Gasteiger partial charge in [0.2, 0.25) is 5.91 Å². The van der Waals surface area contributed by atoms with Gasteiger partial charge < -0.3 is 29.4 Å². The van der Waals surface area contributed by atoms with Crippen LogP contribution in [0.3, 0.4) is 0 Å². The number of hydrogen-bond donors (Lipinski definition) is 2. The lowest BCUT2D eigenvalue weighted by Crippen LogP contribution is -2.46. The van der Waals surface area contributed by atoms with Crippen molar-refractivity contribution in [1.29, 1.82) is 0 Å². The van der Waals surface area contributed by atoms with Gasteiger partial charge in [-0.1, -0.05) is 86.7 Å². The lowest BCUT2D eigenvalue weighted by atomic mass is 9.85. The van der Waals surface area contributed by atoms with Crippen LogP contribution in [-0.2, 0) is 25.5 Å². The number of carbonyl (C=O) groups is 3. The molecule has 0 bridgehead atoms. The highest BCUT2D eigenvalue weighted by Crippen LogP contribution is 2.40. The van der Waals surface area contributed by atoms with Gasteiger partial charge in [0.15, 0.2) is 6.61 Å². The summed E-state index contributed by atoms with van der Waals surface area (Å²) >= 11 is 0. The van der Waals surface area contributed by atoms with Gasteiger partial charge in [0.05, 0.1) is 30.7 Å². The van der Waals surface area contributed by atoms with Gasteiger partial charge in [0, 0.05) is 17.3 Å². The first-order chi connectivity index (χ1) is 26.3. The van der Waals surface area contributed by atoms with Gasteiger partial charge in [0.25, 0.3) is 0 Å². The summed E-state index contributed by atoms with van der Waals surface area (Å²) in [5.41, 5.74) is 2.73. The lowest BCUT2D eigenvalue weighted by molar-refractivity contribution is -0.144. The number of unbranched alkanes of at least 4 members (excludes halogenated alkanes) is 1. The maximum atomic E-state index is 15.0. The average Bonchev–Trinajstić information content (AvgIpc) is 3.55. The van der Waals surface area contributed by atoms with Gasteiger partial charge in [-0.3, -0.25) is 4.79 Å². The molecule has 0 radical (unpaired) electrons. The van der Waals surface area contributed by atoms with E-state index in [1.54, 1.807) is 18.2 Å². The fourth-order valence-corrected chi connectivity index (χ4v) is 6.33. The highest BCUT2D eigenvalue weighted by Gasteiger charge is 2.44. The summed E-state index contributed by atoms with van der Waals surface area (Å²) in [5.74, 6) is -1.67. The Labute approximate surface area is 315 Å². The number of amides is 2. The summed E-state index contributed by atoms with van der Waals surface area (Å²) in [5, 5.41) is 14.8. The molecule has 5 rings (SSSR count). The van der Waals surface area contributed by atoms with E-state index in [2.05, 4.69) is 11.9 Å². The quantitative estimate of drug-likeness (QED) is 0.0528. The summed E-state index contributed by atoms with van der Waals surface area (Å²) in [7, 11) is 0. The number of para-hydroxylation sites is 1. The van der Waals surface area contributed by atoms with Crippen molar-refractivity contribution in [3.05, 3.63) is 138 Å². The monoisotopic (exact) mass is 738 g/mol. The number of anilines is 1. The van der Waals surface area contributed by atoms with Gasteiger partial charge in [-0.25, -0.2) is 18.9 Å². The zero-order valence-electron chi connectivity index (χ0n) is 30.4. The minimum atomic E-state index is -1.03. The van der Waals surface area contributed by atoms with Gasteiger partial charge in [-0.05, 0) is 73.2 Å². The number of aliphatic hydroxyl groups is 1. The third-order valence-electron chi connectivity index (χ3n) is 9.13. The Morgan fingerprint density at radius 2 is 1.72 bits per heavy atom. The smallest absolute Gasteiger partial charge is 0.416 e. The number of nitrogens with one attached hydrogen (secondary N) is 1. The van der Waals surface area contributed by atoms with Crippen molar-refractivity contribution in [2.75, 3.05) is 31.7 Å². The fraction of sp³-hybridized carbons (Fsp3) is 0.326. The maximum Gasteiger partial charge on any atom is 0.416 e. The first-order valence-electron chi connectivity index (χ1n) is 18.2. The minimum Gasteiger partial charge on any atom is -0.493 e. The van der Waals surface area contributed by atoms with Crippen LogP contribution in [0.15, 0.2) is 116 Å². The lowest BCUT2D eigenvalue weighted by Gasteiger charge is -2.33. The molecule has 2 amide bonds. The SMILES string of the molecule is C=CCOC(=O)COc1ccc([C@@H](Nc2ccccc2)[C@@H](CC[C@H](O)c2ccc(F)cc2)C(=O)N2C(=O)OC[C@@H]2Cc2ccccc2)c(OCCCC)c1. The number of imide groups is 1. The standard InChI is InChI=1S/C43H47FN2O8/c1-3-5-25-51-39-27-35(53-29-40(48)52-24-4-2)20-21-36(39)41(45-33-14-10-7-11-15-33)37(22-23-38(47)31-16-18-32(44)19-17-31)42(49)46-34(28-54-43(46)50)26-30-12-8-6-9-13-30/h4,6-21,27,34,37-38,41,45,47H,2-3,5,22-26,28-29H2,1H3/t34-,37+,38-,41+/m0/s1. The molecule has 0 aliphatic carbocycles. The molecule has 0 saturated carbocycles. The second-order valence-electron chi connectivity index (χ2n) is 13.0. The zero-order valence-corrected chi connectivity index (χ0v) is 30.4. The van der Waals surface area contributed by atoms with E-state index < -0.39 is 47.9 Å². The van der Waals surface area contributed by atoms with Crippen LogP contribution in [0.1, 0.15) is 61.4 Å². The van der Waals surface area contributed by atoms with E-state index in [9.17, 15) is 23.9 Å². The molecule has 1 aliphatic heterocycles. The third kappa shape index (κ3) is 10.9. The van der Waals surface area contributed by atoms with Crippen molar-refractivity contribution < 1.29 is 42.8 Å². The number of benzene rings is 4. The molecule has 0 spiro atoms. The van der Waals surface area contributed by atoms with Crippen LogP contribution in [0.4, 0.5) is 14.9 Å². The summed E-state index contributed by atoms with van der Waals surface area (Å²) in [4.78, 5) is 41.8. The zero-order chi connectivity index (χ0) is 38.3. The van der Waals surface area contributed by atoms with Crippen LogP contribution in [-0.4, -0.2) is 60.4 Å². The number of nitrogens with zero attached hydrogens (tertiary/aromatic N) is 1.